The second-order valence-corrected chi connectivity index (χ2v) is 11.6. The van der Waals surface area contributed by atoms with Crippen molar-refractivity contribution in [3.63, 3.8) is 0 Å². The number of hydrogen-bond donors (Lipinski definition) is 1. The molecule has 1 saturated heterocycles. The number of carbonyl (C=O) groups is 1. The largest absolute Gasteiger partial charge is 0.444 e. The Morgan fingerprint density at radius 3 is 2.49 bits per heavy atom. The SMILES string of the molecule is C[C@@H]1CC1n1cnc2c(F)cc(NC3(c4c(F)ccc(Cl)c4Cl)CN(C(=O)OC(C)(C)C)C3)cc2c1=O. The first kappa shape index (κ1) is 25.7. The van der Waals surface area contributed by atoms with Crippen LogP contribution in [0.15, 0.2) is 35.4 Å². The van der Waals surface area contributed by atoms with Gasteiger partial charge in [0.2, 0.25) is 0 Å². The highest BCUT2D eigenvalue weighted by atomic mass is 35.5. The molecule has 11 heteroatoms. The molecule has 7 nitrogen and oxygen atoms in total. The van der Waals surface area contributed by atoms with Crippen molar-refractivity contribution < 1.29 is 18.3 Å². The van der Waals surface area contributed by atoms with Gasteiger partial charge in [-0.05, 0) is 57.4 Å². The van der Waals surface area contributed by atoms with Crippen LogP contribution in [0.1, 0.15) is 45.7 Å². The molecule has 1 aliphatic heterocycles. The Hall–Kier alpha value is -2.91. The van der Waals surface area contributed by atoms with Crippen LogP contribution in [0.25, 0.3) is 10.9 Å². The lowest BCUT2D eigenvalue weighted by Crippen LogP contribution is -2.66. The maximum Gasteiger partial charge on any atom is 0.410 e. The van der Waals surface area contributed by atoms with E-state index in [0.29, 0.717) is 5.92 Å². The maximum atomic E-state index is 15.2. The van der Waals surface area contributed by atoms with Crippen LogP contribution in [0.4, 0.5) is 19.3 Å². The molecule has 1 aliphatic carbocycles. The first-order chi connectivity index (χ1) is 17.3. The van der Waals surface area contributed by atoms with E-state index in [1.165, 1.54) is 40.1 Å². The summed E-state index contributed by atoms with van der Waals surface area (Å²) < 4.78 is 37.2. The number of nitrogens with one attached hydrogen (secondary N) is 1. The maximum absolute atomic E-state index is 15.2. The number of hydrogen-bond acceptors (Lipinski definition) is 5. The number of anilines is 1. The summed E-state index contributed by atoms with van der Waals surface area (Å²) in [4.78, 5) is 31.4. The average molecular weight is 551 g/mol. The van der Waals surface area contributed by atoms with Crippen molar-refractivity contribution in [3.8, 4) is 0 Å². The van der Waals surface area contributed by atoms with Gasteiger partial charge in [0.25, 0.3) is 5.56 Å². The quantitative estimate of drug-likeness (QED) is 0.396. The third kappa shape index (κ3) is 4.63. The molecule has 37 heavy (non-hydrogen) atoms. The number of aromatic nitrogens is 2. The lowest BCUT2D eigenvalue weighted by Gasteiger charge is -2.51. The molecule has 5 rings (SSSR count). The minimum absolute atomic E-state index is 0.0222. The Bertz CT molecular complexity index is 1480. The van der Waals surface area contributed by atoms with E-state index >= 15 is 8.78 Å². The molecule has 2 aromatic carbocycles. The number of halogens is 4. The second kappa shape index (κ2) is 8.84. The Morgan fingerprint density at radius 2 is 1.86 bits per heavy atom. The predicted octanol–water partition coefficient (Wildman–Crippen LogP) is 6.12. The number of nitrogens with zero attached hydrogens (tertiary/aromatic N) is 3. The normalized spacial score (nSPS) is 20.5. The van der Waals surface area contributed by atoms with Crippen LogP contribution >= 0.6 is 23.2 Å². The standard InChI is InChI=1S/C26H26Cl2F2N4O3/c1-13-7-19(13)34-12-31-22-15(23(34)35)8-14(9-18(22)30)32-26(20-17(29)6-5-16(27)21(20)28)10-33(11-26)24(36)37-25(2,3)4/h5-6,8-9,12-13,19,32H,7,10-11H2,1-4H3/t13-,19?/m1/s1. The summed E-state index contributed by atoms with van der Waals surface area (Å²) in [6.07, 6.45) is 1.64. The van der Waals surface area contributed by atoms with Crippen molar-refractivity contribution >= 4 is 45.9 Å². The topological polar surface area (TPSA) is 76.5 Å². The van der Waals surface area contributed by atoms with Gasteiger partial charge in [0.05, 0.1) is 34.8 Å². The highest BCUT2D eigenvalue weighted by Gasteiger charge is 2.51. The molecule has 196 valence electrons. The zero-order chi connectivity index (χ0) is 26.9. The molecule has 0 bridgehead atoms. The van der Waals surface area contributed by atoms with Crippen molar-refractivity contribution in [2.75, 3.05) is 18.4 Å². The number of carbonyl (C=O) groups excluding carboxylic acids is 1. The molecule has 2 fully saturated rings. The van der Waals surface area contributed by atoms with E-state index < -0.39 is 28.9 Å². The fourth-order valence-electron chi connectivity index (χ4n) is 4.81. The molecule has 2 atom stereocenters. The van der Waals surface area contributed by atoms with E-state index in [1.54, 1.807) is 20.8 Å². The van der Waals surface area contributed by atoms with Gasteiger partial charge in [-0.25, -0.2) is 18.6 Å². The van der Waals surface area contributed by atoms with Crippen LogP contribution in [0, 0.1) is 17.6 Å². The van der Waals surface area contributed by atoms with E-state index in [-0.39, 0.29) is 56.9 Å². The molecule has 3 aromatic rings. The van der Waals surface area contributed by atoms with Crippen molar-refractivity contribution in [1.82, 2.24) is 14.5 Å². The molecule has 1 amide bonds. The van der Waals surface area contributed by atoms with Crippen molar-refractivity contribution in [2.45, 2.75) is 51.3 Å². The molecular formula is C26H26Cl2F2N4O3. The number of benzene rings is 2. The van der Waals surface area contributed by atoms with Gasteiger partial charge >= 0.3 is 6.09 Å². The summed E-state index contributed by atoms with van der Waals surface area (Å²) in [5.74, 6) is -1.00. The average Bonchev–Trinajstić information content (AvgIpc) is 3.49. The highest BCUT2D eigenvalue weighted by Crippen LogP contribution is 2.44. The van der Waals surface area contributed by atoms with E-state index in [0.717, 1.165) is 6.42 Å². The van der Waals surface area contributed by atoms with E-state index in [9.17, 15) is 9.59 Å². The summed E-state index contributed by atoms with van der Waals surface area (Å²) in [6.45, 7) is 7.19. The fraction of sp³-hybridized carbons (Fsp3) is 0.423. The molecular weight excluding hydrogens is 525 g/mol. The molecule has 2 heterocycles. The van der Waals surface area contributed by atoms with E-state index in [1.807, 2.05) is 6.92 Å². The molecule has 1 aromatic heterocycles. The van der Waals surface area contributed by atoms with Crippen LogP contribution in [0.2, 0.25) is 10.0 Å². The van der Waals surface area contributed by atoms with Crippen LogP contribution in [-0.4, -0.2) is 39.2 Å². The third-order valence-corrected chi connectivity index (χ3v) is 7.55. The summed E-state index contributed by atoms with van der Waals surface area (Å²) >= 11 is 12.6. The van der Waals surface area contributed by atoms with Crippen molar-refractivity contribution in [1.29, 1.82) is 0 Å². The molecule has 0 radical (unpaired) electrons. The van der Waals surface area contributed by atoms with Crippen molar-refractivity contribution in [3.05, 3.63) is 68.2 Å². The lowest BCUT2D eigenvalue weighted by atomic mass is 9.81. The lowest BCUT2D eigenvalue weighted by molar-refractivity contribution is -0.00535. The van der Waals surface area contributed by atoms with Crippen LogP contribution in [0.3, 0.4) is 0 Å². The van der Waals surface area contributed by atoms with E-state index in [4.69, 9.17) is 27.9 Å². The van der Waals surface area contributed by atoms with Crippen LogP contribution in [0.5, 0.6) is 0 Å². The Balaban J connectivity index is 1.56. The highest BCUT2D eigenvalue weighted by molar-refractivity contribution is 6.42. The van der Waals surface area contributed by atoms with Gasteiger partial charge in [0.15, 0.2) is 5.82 Å². The van der Waals surface area contributed by atoms with Crippen LogP contribution in [-0.2, 0) is 10.3 Å². The smallest absolute Gasteiger partial charge is 0.410 e. The van der Waals surface area contributed by atoms with Gasteiger partial charge in [-0.2, -0.15) is 0 Å². The second-order valence-electron chi connectivity index (χ2n) is 10.9. The zero-order valence-corrected chi connectivity index (χ0v) is 22.3. The number of amides is 1. The Morgan fingerprint density at radius 1 is 1.19 bits per heavy atom. The fourth-order valence-corrected chi connectivity index (χ4v) is 5.30. The summed E-state index contributed by atoms with van der Waals surface area (Å²) in [5, 5.41) is 3.35. The summed E-state index contributed by atoms with van der Waals surface area (Å²) in [6, 6.07) is 5.23. The van der Waals surface area contributed by atoms with Gasteiger partial charge in [0, 0.05) is 17.3 Å². The predicted molar refractivity (Wildman–Crippen MR) is 138 cm³/mol. The number of rotatable bonds is 4. The number of likely N-dealkylation sites (tertiary alicyclic amines) is 1. The molecule has 1 saturated carbocycles. The van der Waals surface area contributed by atoms with E-state index in [2.05, 4.69) is 10.3 Å². The Labute approximate surface area is 222 Å². The Kier molecular flexibility index (Phi) is 6.15. The first-order valence-corrected chi connectivity index (χ1v) is 12.7. The first-order valence-electron chi connectivity index (χ1n) is 11.9. The number of ether oxygens (including phenoxy) is 1. The van der Waals surface area contributed by atoms with Gasteiger partial charge in [0.1, 0.15) is 22.5 Å². The van der Waals surface area contributed by atoms with Crippen LogP contribution < -0.4 is 10.9 Å². The molecule has 1 unspecified atom stereocenters. The minimum Gasteiger partial charge on any atom is -0.444 e. The van der Waals surface area contributed by atoms with Crippen molar-refractivity contribution in [2.24, 2.45) is 5.92 Å². The van der Waals surface area contributed by atoms with Gasteiger partial charge in [-0.1, -0.05) is 30.1 Å². The number of fused-ring (bicyclic) bond motifs is 1. The van der Waals surface area contributed by atoms with Gasteiger partial charge in [-0.3, -0.25) is 9.36 Å². The summed E-state index contributed by atoms with van der Waals surface area (Å²) in [5.41, 5.74) is -2.14. The molecule has 0 spiro atoms. The minimum atomic E-state index is -1.25. The zero-order valence-electron chi connectivity index (χ0n) is 20.7. The molecule has 2 aliphatic rings. The third-order valence-electron chi connectivity index (χ3n) is 6.74. The molecule has 1 N–H and O–H groups in total. The monoisotopic (exact) mass is 550 g/mol. The van der Waals surface area contributed by atoms with Gasteiger partial charge < -0.3 is 15.0 Å². The van der Waals surface area contributed by atoms with Gasteiger partial charge in [-0.15, -0.1) is 0 Å². The summed E-state index contributed by atoms with van der Waals surface area (Å²) in [7, 11) is 0.